The molecule has 1 fully saturated rings. The Morgan fingerprint density at radius 2 is 1.65 bits per heavy atom. The van der Waals surface area contributed by atoms with Gasteiger partial charge >= 0.3 is 0 Å². The summed E-state index contributed by atoms with van der Waals surface area (Å²) in [5.41, 5.74) is 1.52. The number of hydrogen-bond acceptors (Lipinski definition) is 5. The molecule has 1 aliphatic carbocycles. The fourth-order valence-electron chi connectivity index (χ4n) is 5.72. The van der Waals surface area contributed by atoms with Gasteiger partial charge in [0.2, 0.25) is 11.8 Å². The SMILES string of the molecule is O=C(NC1CCCCC1)C(Cc1ccccc1)N(Cc1ccc(Cl)cc1Cl)C(=O)CCN1C(=O)c2ccccc2S1(=O)=O. The van der Waals surface area contributed by atoms with Gasteiger partial charge in [-0.25, -0.2) is 12.7 Å². The van der Waals surface area contributed by atoms with E-state index in [2.05, 4.69) is 5.32 Å². The maximum atomic E-state index is 14.0. The summed E-state index contributed by atoms with van der Waals surface area (Å²) in [5.74, 6) is -1.44. The molecule has 43 heavy (non-hydrogen) atoms. The average Bonchev–Trinajstić information content (AvgIpc) is 3.19. The van der Waals surface area contributed by atoms with Crippen LogP contribution in [0.4, 0.5) is 0 Å². The van der Waals surface area contributed by atoms with Crippen molar-refractivity contribution in [3.8, 4) is 0 Å². The number of benzene rings is 3. The van der Waals surface area contributed by atoms with Gasteiger partial charge in [0.25, 0.3) is 15.9 Å². The maximum Gasteiger partial charge on any atom is 0.269 e. The number of nitrogens with one attached hydrogen (secondary N) is 1. The van der Waals surface area contributed by atoms with Crippen molar-refractivity contribution >= 4 is 50.9 Å². The van der Waals surface area contributed by atoms with Crippen LogP contribution in [0.2, 0.25) is 10.0 Å². The zero-order chi connectivity index (χ0) is 30.6. The zero-order valence-electron chi connectivity index (χ0n) is 23.5. The maximum absolute atomic E-state index is 14.0. The second-order valence-corrected chi connectivity index (χ2v) is 13.6. The first kappa shape index (κ1) is 31.0. The number of halogens is 2. The van der Waals surface area contributed by atoms with Crippen molar-refractivity contribution in [2.45, 2.75) is 68.5 Å². The lowest BCUT2D eigenvalue weighted by Crippen LogP contribution is -2.53. The highest BCUT2D eigenvalue weighted by Gasteiger charge is 2.41. The van der Waals surface area contributed by atoms with Gasteiger partial charge < -0.3 is 10.2 Å². The van der Waals surface area contributed by atoms with Crippen LogP contribution in [0.3, 0.4) is 0 Å². The molecule has 1 aliphatic heterocycles. The van der Waals surface area contributed by atoms with Crippen molar-refractivity contribution in [3.05, 3.63) is 99.5 Å². The molecule has 1 unspecified atom stereocenters. The molecular formula is C32H33Cl2N3O5S. The predicted molar refractivity (Wildman–Crippen MR) is 165 cm³/mol. The molecule has 1 N–H and O–H groups in total. The largest absolute Gasteiger partial charge is 0.352 e. The van der Waals surface area contributed by atoms with E-state index in [-0.39, 0.29) is 48.3 Å². The minimum absolute atomic E-state index is 0.00859. The van der Waals surface area contributed by atoms with Gasteiger partial charge in [0.15, 0.2) is 0 Å². The Morgan fingerprint density at radius 3 is 2.35 bits per heavy atom. The van der Waals surface area contributed by atoms with Gasteiger partial charge in [-0.2, -0.15) is 0 Å². The highest BCUT2D eigenvalue weighted by Crippen LogP contribution is 2.31. The number of hydrogen-bond donors (Lipinski definition) is 1. The summed E-state index contributed by atoms with van der Waals surface area (Å²) in [4.78, 5) is 42.3. The summed E-state index contributed by atoms with van der Waals surface area (Å²) in [7, 11) is -4.09. The Balaban J connectivity index is 1.45. The normalized spacial score (nSPS) is 16.9. The number of amides is 3. The minimum Gasteiger partial charge on any atom is -0.352 e. The number of carbonyl (C=O) groups is 3. The molecule has 1 saturated carbocycles. The molecular weight excluding hydrogens is 609 g/mol. The third-order valence-electron chi connectivity index (χ3n) is 8.02. The summed E-state index contributed by atoms with van der Waals surface area (Å²) in [6.07, 6.45) is 4.85. The van der Waals surface area contributed by atoms with E-state index in [0.29, 0.717) is 15.6 Å². The Morgan fingerprint density at radius 1 is 0.953 bits per heavy atom. The molecule has 3 aromatic rings. The van der Waals surface area contributed by atoms with E-state index < -0.39 is 27.9 Å². The summed E-state index contributed by atoms with van der Waals surface area (Å²) in [6.45, 7) is -0.368. The molecule has 0 aromatic heterocycles. The zero-order valence-corrected chi connectivity index (χ0v) is 25.9. The van der Waals surface area contributed by atoms with Gasteiger partial charge in [0.05, 0.1) is 5.56 Å². The lowest BCUT2D eigenvalue weighted by Gasteiger charge is -2.34. The lowest BCUT2D eigenvalue weighted by atomic mass is 9.94. The molecule has 8 nitrogen and oxygen atoms in total. The van der Waals surface area contributed by atoms with Gasteiger partial charge in [0, 0.05) is 42.0 Å². The Labute approximate surface area is 262 Å². The summed E-state index contributed by atoms with van der Waals surface area (Å²) in [5, 5.41) is 3.93. The topological polar surface area (TPSA) is 104 Å². The van der Waals surface area contributed by atoms with E-state index in [9.17, 15) is 22.8 Å². The van der Waals surface area contributed by atoms with E-state index in [4.69, 9.17) is 23.2 Å². The van der Waals surface area contributed by atoms with Crippen LogP contribution in [-0.2, 0) is 32.6 Å². The van der Waals surface area contributed by atoms with Gasteiger partial charge in [-0.15, -0.1) is 0 Å². The number of fused-ring (bicyclic) bond motifs is 1. The van der Waals surface area contributed by atoms with Crippen molar-refractivity contribution in [1.82, 2.24) is 14.5 Å². The average molecular weight is 643 g/mol. The Bertz CT molecular complexity index is 1610. The van der Waals surface area contributed by atoms with Crippen molar-refractivity contribution in [1.29, 1.82) is 0 Å². The van der Waals surface area contributed by atoms with Crippen molar-refractivity contribution in [2.24, 2.45) is 0 Å². The van der Waals surface area contributed by atoms with Gasteiger partial charge in [-0.05, 0) is 48.2 Å². The first-order chi connectivity index (χ1) is 20.6. The molecule has 1 atom stereocenters. The van der Waals surface area contributed by atoms with Gasteiger partial charge in [0.1, 0.15) is 10.9 Å². The van der Waals surface area contributed by atoms with E-state index in [1.54, 1.807) is 30.3 Å². The molecule has 2 aliphatic rings. The summed E-state index contributed by atoms with van der Waals surface area (Å²) < 4.78 is 27.0. The Kier molecular flexibility index (Phi) is 9.74. The van der Waals surface area contributed by atoms with Crippen LogP contribution in [0.25, 0.3) is 0 Å². The van der Waals surface area contributed by atoms with Crippen LogP contribution >= 0.6 is 23.2 Å². The lowest BCUT2D eigenvalue weighted by molar-refractivity contribution is -0.141. The van der Waals surface area contributed by atoms with Gasteiger partial charge in [-0.3, -0.25) is 14.4 Å². The van der Waals surface area contributed by atoms with Crippen molar-refractivity contribution in [3.63, 3.8) is 0 Å². The predicted octanol–water partition coefficient (Wildman–Crippen LogP) is 5.62. The third kappa shape index (κ3) is 7.06. The van der Waals surface area contributed by atoms with E-state index in [1.165, 1.54) is 17.0 Å². The van der Waals surface area contributed by atoms with E-state index in [0.717, 1.165) is 42.0 Å². The van der Waals surface area contributed by atoms with Crippen LogP contribution in [0.15, 0.2) is 77.7 Å². The Hall–Kier alpha value is -3.40. The molecule has 5 rings (SSSR count). The monoisotopic (exact) mass is 641 g/mol. The third-order valence-corrected chi connectivity index (χ3v) is 10.4. The molecule has 1 heterocycles. The fourth-order valence-corrected chi connectivity index (χ4v) is 7.76. The molecule has 0 radical (unpaired) electrons. The van der Waals surface area contributed by atoms with Crippen molar-refractivity contribution in [2.75, 3.05) is 6.54 Å². The highest BCUT2D eigenvalue weighted by molar-refractivity contribution is 7.90. The van der Waals surface area contributed by atoms with E-state index in [1.807, 2.05) is 30.3 Å². The van der Waals surface area contributed by atoms with Crippen LogP contribution in [0.1, 0.15) is 60.0 Å². The highest BCUT2D eigenvalue weighted by atomic mass is 35.5. The first-order valence-electron chi connectivity index (χ1n) is 14.4. The fraction of sp³-hybridized carbons (Fsp3) is 0.344. The molecule has 0 bridgehead atoms. The molecule has 11 heteroatoms. The van der Waals surface area contributed by atoms with Crippen LogP contribution < -0.4 is 5.32 Å². The summed E-state index contributed by atoms with van der Waals surface area (Å²) >= 11 is 12.6. The smallest absolute Gasteiger partial charge is 0.269 e. The number of rotatable bonds is 10. The second kappa shape index (κ2) is 13.5. The quantitative estimate of drug-likeness (QED) is 0.310. The molecule has 226 valence electrons. The molecule has 3 amide bonds. The molecule has 0 saturated heterocycles. The number of carbonyl (C=O) groups excluding carboxylic acids is 3. The van der Waals surface area contributed by atoms with Crippen LogP contribution in [-0.4, -0.2) is 54.0 Å². The molecule has 3 aromatic carbocycles. The molecule has 0 spiro atoms. The second-order valence-electron chi connectivity index (χ2n) is 10.9. The first-order valence-corrected chi connectivity index (χ1v) is 16.6. The van der Waals surface area contributed by atoms with Crippen LogP contribution in [0, 0.1) is 0 Å². The van der Waals surface area contributed by atoms with Crippen LogP contribution in [0.5, 0.6) is 0 Å². The number of nitrogens with zero attached hydrogens (tertiary/aromatic N) is 2. The van der Waals surface area contributed by atoms with Gasteiger partial charge in [-0.1, -0.05) is 91.0 Å². The minimum atomic E-state index is -4.09. The number of sulfonamides is 1. The summed E-state index contributed by atoms with van der Waals surface area (Å²) in [6, 6.07) is 19.4. The standard InChI is InChI=1S/C32H33Cl2N3O5S/c33-24-16-15-23(27(34)20-24)21-36(30(38)17-18-37-32(40)26-13-7-8-14-29(26)43(37,41)42)28(19-22-9-3-1-4-10-22)31(39)35-25-11-5-2-6-12-25/h1,3-4,7-10,13-16,20,25,28H,2,5-6,11-12,17-19,21H2,(H,35,39). The van der Waals surface area contributed by atoms with E-state index >= 15 is 0 Å². The van der Waals surface area contributed by atoms with Crippen molar-refractivity contribution < 1.29 is 22.8 Å².